The highest BCUT2D eigenvalue weighted by Crippen LogP contribution is 2.28. The van der Waals surface area contributed by atoms with Gasteiger partial charge in [0.15, 0.2) is 0 Å². The molecule has 1 aliphatic heterocycles. The number of hydrogen-bond donors (Lipinski definition) is 2. The molecule has 1 aliphatic rings. The number of methoxy groups -OCH3 is 1. The molecule has 1 aromatic carbocycles. The summed E-state index contributed by atoms with van der Waals surface area (Å²) in [5, 5.41) is 12.8. The van der Waals surface area contributed by atoms with Crippen LogP contribution in [0.2, 0.25) is 5.02 Å². The Labute approximate surface area is 128 Å². The molecule has 1 amide bonds. The van der Waals surface area contributed by atoms with Crippen LogP contribution in [0.15, 0.2) is 18.2 Å². The van der Waals surface area contributed by atoms with E-state index >= 15 is 0 Å². The van der Waals surface area contributed by atoms with Crippen LogP contribution >= 0.6 is 11.6 Å². The quantitative estimate of drug-likeness (QED) is 0.870. The van der Waals surface area contributed by atoms with E-state index in [2.05, 4.69) is 5.32 Å². The van der Waals surface area contributed by atoms with Crippen molar-refractivity contribution >= 4 is 17.7 Å². The zero-order valence-electron chi connectivity index (χ0n) is 11.8. The van der Waals surface area contributed by atoms with Gasteiger partial charge in [-0.3, -0.25) is 0 Å². The number of benzene rings is 1. The molecule has 6 nitrogen and oxygen atoms in total. The lowest BCUT2D eigenvalue weighted by atomic mass is 10.1. The summed E-state index contributed by atoms with van der Waals surface area (Å²) < 4.78 is 10.7. The molecule has 1 heterocycles. The minimum atomic E-state index is -0.874. The third kappa shape index (κ3) is 4.41. The molecule has 7 heteroatoms. The van der Waals surface area contributed by atoms with Crippen molar-refractivity contribution in [2.45, 2.75) is 12.5 Å². The van der Waals surface area contributed by atoms with E-state index in [9.17, 15) is 4.79 Å². The zero-order chi connectivity index (χ0) is 15.2. The van der Waals surface area contributed by atoms with E-state index in [1.807, 2.05) is 0 Å². The van der Waals surface area contributed by atoms with E-state index in [-0.39, 0.29) is 6.04 Å². The predicted molar refractivity (Wildman–Crippen MR) is 79.5 cm³/mol. The number of rotatable bonds is 5. The molecule has 1 unspecified atom stereocenters. The molecule has 1 saturated heterocycles. The van der Waals surface area contributed by atoms with Crippen LogP contribution in [0.3, 0.4) is 0 Å². The Balaban J connectivity index is 1.80. The van der Waals surface area contributed by atoms with Gasteiger partial charge in [0, 0.05) is 31.7 Å². The van der Waals surface area contributed by atoms with Crippen molar-refractivity contribution < 1.29 is 19.4 Å². The number of hydrogen-bond acceptors (Lipinski definition) is 4. The number of amides is 1. The second-order valence-corrected chi connectivity index (χ2v) is 5.22. The van der Waals surface area contributed by atoms with Gasteiger partial charge >= 0.3 is 6.09 Å². The van der Waals surface area contributed by atoms with Crippen molar-refractivity contribution in [2.75, 3.05) is 33.4 Å². The summed E-state index contributed by atoms with van der Waals surface area (Å²) in [6.45, 7) is 2.14. The van der Waals surface area contributed by atoms with Crippen LogP contribution in [0.5, 0.6) is 11.5 Å². The molecule has 2 N–H and O–H groups in total. The summed E-state index contributed by atoms with van der Waals surface area (Å²) in [5.41, 5.74) is 0. The lowest BCUT2D eigenvalue weighted by Crippen LogP contribution is -2.52. The van der Waals surface area contributed by atoms with Crippen molar-refractivity contribution in [3.05, 3.63) is 23.2 Å². The highest BCUT2D eigenvalue weighted by molar-refractivity contribution is 6.32. The minimum absolute atomic E-state index is 0.104. The summed E-state index contributed by atoms with van der Waals surface area (Å²) in [7, 11) is 1.58. The van der Waals surface area contributed by atoms with Crippen molar-refractivity contribution in [3.8, 4) is 11.5 Å². The number of nitrogens with one attached hydrogen (secondary N) is 1. The monoisotopic (exact) mass is 314 g/mol. The van der Waals surface area contributed by atoms with Crippen LogP contribution in [-0.4, -0.2) is 55.5 Å². The molecule has 0 radical (unpaired) electrons. The number of nitrogens with zero attached hydrogens (tertiary/aromatic N) is 1. The number of halogens is 1. The maximum atomic E-state index is 10.9. The summed E-state index contributed by atoms with van der Waals surface area (Å²) in [4.78, 5) is 12.4. The third-order valence-corrected chi connectivity index (χ3v) is 3.68. The molecule has 0 saturated carbocycles. The van der Waals surface area contributed by atoms with Crippen molar-refractivity contribution in [1.82, 2.24) is 10.2 Å². The van der Waals surface area contributed by atoms with Gasteiger partial charge in [0.1, 0.15) is 11.5 Å². The Hall–Kier alpha value is -1.66. The molecule has 1 atom stereocenters. The van der Waals surface area contributed by atoms with E-state index in [0.29, 0.717) is 49.2 Å². The average Bonchev–Trinajstić information content (AvgIpc) is 2.49. The smallest absolute Gasteiger partial charge is 0.407 e. The van der Waals surface area contributed by atoms with Crippen LogP contribution in [0, 0.1) is 0 Å². The SMILES string of the molecule is COc1ccc(OCCC2CN(C(=O)O)CCN2)c(Cl)c1. The van der Waals surface area contributed by atoms with Gasteiger partial charge < -0.3 is 24.8 Å². The largest absolute Gasteiger partial charge is 0.497 e. The fourth-order valence-corrected chi connectivity index (χ4v) is 2.45. The maximum absolute atomic E-state index is 10.9. The molecule has 1 aromatic rings. The molecule has 0 aromatic heterocycles. The Bertz CT molecular complexity index is 498. The minimum Gasteiger partial charge on any atom is -0.497 e. The fourth-order valence-electron chi connectivity index (χ4n) is 2.23. The molecule has 0 bridgehead atoms. The Kier molecular flexibility index (Phi) is 5.52. The summed E-state index contributed by atoms with van der Waals surface area (Å²) >= 11 is 6.09. The summed E-state index contributed by atoms with van der Waals surface area (Å²) in [6.07, 6.45) is -0.160. The van der Waals surface area contributed by atoms with Gasteiger partial charge in [0.05, 0.1) is 18.7 Å². The van der Waals surface area contributed by atoms with Gasteiger partial charge in [-0.15, -0.1) is 0 Å². The van der Waals surface area contributed by atoms with Gasteiger partial charge in [0.2, 0.25) is 0 Å². The first-order valence-corrected chi connectivity index (χ1v) is 7.15. The van der Waals surface area contributed by atoms with Crippen LogP contribution < -0.4 is 14.8 Å². The first kappa shape index (κ1) is 15.7. The summed E-state index contributed by atoms with van der Waals surface area (Å²) in [5.74, 6) is 1.28. The summed E-state index contributed by atoms with van der Waals surface area (Å²) in [6, 6.07) is 5.35. The molecule has 21 heavy (non-hydrogen) atoms. The molecular weight excluding hydrogens is 296 g/mol. The molecule has 2 rings (SSSR count). The highest BCUT2D eigenvalue weighted by atomic mass is 35.5. The standard InChI is InChI=1S/C14H19ClN2O4/c1-20-11-2-3-13(12(15)8-11)21-7-4-10-9-17(14(18)19)6-5-16-10/h2-3,8,10,16H,4-7,9H2,1H3,(H,18,19). The second kappa shape index (κ2) is 7.38. The van der Waals surface area contributed by atoms with E-state index in [4.69, 9.17) is 26.2 Å². The predicted octanol–water partition coefficient (Wildman–Crippen LogP) is 2.07. The van der Waals surface area contributed by atoms with Gasteiger partial charge in [-0.05, 0) is 18.6 Å². The molecule has 116 valence electrons. The highest BCUT2D eigenvalue weighted by Gasteiger charge is 2.22. The van der Waals surface area contributed by atoms with Gasteiger partial charge in [0.25, 0.3) is 0 Å². The number of carbonyl (C=O) groups is 1. The Morgan fingerprint density at radius 2 is 2.38 bits per heavy atom. The normalized spacial score (nSPS) is 18.4. The molecule has 0 aliphatic carbocycles. The van der Waals surface area contributed by atoms with Gasteiger partial charge in [-0.1, -0.05) is 11.6 Å². The third-order valence-electron chi connectivity index (χ3n) is 3.39. The van der Waals surface area contributed by atoms with Crippen LogP contribution in [0.1, 0.15) is 6.42 Å². The lowest BCUT2D eigenvalue weighted by molar-refractivity contribution is 0.124. The Morgan fingerprint density at radius 1 is 1.57 bits per heavy atom. The maximum Gasteiger partial charge on any atom is 0.407 e. The van der Waals surface area contributed by atoms with E-state index in [1.54, 1.807) is 25.3 Å². The first-order chi connectivity index (χ1) is 10.1. The fraction of sp³-hybridized carbons (Fsp3) is 0.500. The van der Waals surface area contributed by atoms with Crippen LogP contribution in [0.25, 0.3) is 0 Å². The van der Waals surface area contributed by atoms with E-state index in [1.165, 1.54) is 4.90 Å². The zero-order valence-corrected chi connectivity index (χ0v) is 12.6. The van der Waals surface area contributed by atoms with Crippen LogP contribution in [-0.2, 0) is 0 Å². The molecular formula is C14H19ClN2O4. The Morgan fingerprint density at radius 3 is 3.05 bits per heavy atom. The number of piperazine rings is 1. The van der Waals surface area contributed by atoms with Gasteiger partial charge in [-0.25, -0.2) is 4.79 Å². The number of ether oxygens (including phenoxy) is 2. The topological polar surface area (TPSA) is 71.0 Å². The number of carboxylic acid groups (broad SMARTS) is 1. The first-order valence-electron chi connectivity index (χ1n) is 6.77. The molecule has 0 spiro atoms. The lowest BCUT2D eigenvalue weighted by Gasteiger charge is -2.31. The van der Waals surface area contributed by atoms with Crippen molar-refractivity contribution in [1.29, 1.82) is 0 Å². The second-order valence-electron chi connectivity index (χ2n) is 4.81. The van der Waals surface area contributed by atoms with Crippen molar-refractivity contribution in [2.24, 2.45) is 0 Å². The molecule has 1 fully saturated rings. The van der Waals surface area contributed by atoms with Crippen LogP contribution in [0.4, 0.5) is 4.79 Å². The average molecular weight is 315 g/mol. The van der Waals surface area contributed by atoms with E-state index in [0.717, 1.165) is 0 Å². The van der Waals surface area contributed by atoms with Gasteiger partial charge in [-0.2, -0.15) is 0 Å². The van der Waals surface area contributed by atoms with E-state index < -0.39 is 6.09 Å². The van der Waals surface area contributed by atoms with Crippen molar-refractivity contribution in [3.63, 3.8) is 0 Å².